The molecule has 1 aromatic rings. The predicted molar refractivity (Wildman–Crippen MR) is 81.3 cm³/mol. The van der Waals surface area contributed by atoms with Gasteiger partial charge in [-0.3, -0.25) is 14.5 Å². The van der Waals surface area contributed by atoms with Crippen LogP contribution in [0.1, 0.15) is 28.8 Å². The highest BCUT2D eigenvalue weighted by molar-refractivity contribution is 5.98. The van der Waals surface area contributed by atoms with Crippen LogP contribution in [0.25, 0.3) is 0 Å². The van der Waals surface area contributed by atoms with Gasteiger partial charge in [0.15, 0.2) is 5.78 Å². The first-order chi connectivity index (χ1) is 10.1. The number of carbonyl (C=O) groups excluding carboxylic acids is 2. The summed E-state index contributed by atoms with van der Waals surface area (Å²) in [7, 11) is 0. The van der Waals surface area contributed by atoms with Gasteiger partial charge in [0.05, 0.1) is 6.54 Å². The van der Waals surface area contributed by atoms with Crippen LogP contribution in [0, 0.1) is 5.92 Å². The molecule has 3 N–H and O–H groups in total. The molecule has 0 bridgehead atoms. The van der Waals surface area contributed by atoms with Crippen LogP contribution in [0.3, 0.4) is 0 Å². The lowest BCUT2D eigenvalue weighted by Gasteiger charge is -2.29. The molecule has 1 fully saturated rings. The van der Waals surface area contributed by atoms with Crippen LogP contribution in [0.15, 0.2) is 18.2 Å². The van der Waals surface area contributed by atoms with E-state index in [1.54, 1.807) is 0 Å². The van der Waals surface area contributed by atoms with Crippen molar-refractivity contribution in [1.82, 2.24) is 4.90 Å². The van der Waals surface area contributed by atoms with E-state index in [0.29, 0.717) is 6.54 Å². The Morgan fingerprint density at radius 1 is 1.29 bits per heavy atom. The first-order valence-electron chi connectivity index (χ1n) is 7.55. The van der Waals surface area contributed by atoms with Crippen LogP contribution < -0.4 is 11.1 Å². The van der Waals surface area contributed by atoms with Gasteiger partial charge in [-0.15, -0.1) is 0 Å². The number of rotatable bonds is 4. The number of primary amides is 1. The fourth-order valence-corrected chi connectivity index (χ4v) is 3.15. The highest BCUT2D eigenvalue weighted by Crippen LogP contribution is 2.23. The number of anilines is 1. The molecule has 3 rings (SSSR count). The van der Waals surface area contributed by atoms with Gasteiger partial charge < -0.3 is 11.1 Å². The van der Waals surface area contributed by atoms with E-state index in [1.165, 1.54) is 5.56 Å². The molecule has 1 saturated heterocycles. The van der Waals surface area contributed by atoms with E-state index >= 15 is 0 Å². The number of nitrogens with zero attached hydrogens (tertiary/aromatic N) is 1. The summed E-state index contributed by atoms with van der Waals surface area (Å²) in [5.74, 6) is -0.0863. The normalized spacial score (nSPS) is 19.0. The molecular formula is C16H21N3O2. The van der Waals surface area contributed by atoms with Crippen molar-refractivity contribution in [3.05, 3.63) is 29.3 Å². The number of fused-ring (bicyclic) bond motifs is 1. The van der Waals surface area contributed by atoms with Crippen LogP contribution in [-0.4, -0.2) is 42.8 Å². The molecule has 5 nitrogen and oxygen atoms in total. The van der Waals surface area contributed by atoms with Crippen LogP contribution >= 0.6 is 0 Å². The van der Waals surface area contributed by atoms with Gasteiger partial charge in [-0.2, -0.15) is 0 Å². The Morgan fingerprint density at radius 2 is 2.05 bits per heavy atom. The number of Topliss-reactive ketones (excluding diaryl/α,β-unsaturated/α-hetero) is 1. The minimum atomic E-state index is -0.216. The van der Waals surface area contributed by atoms with Crippen LogP contribution in [-0.2, 0) is 11.2 Å². The van der Waals surface area contributed by atoms with E-state index < -0.39 is 0 Å². The van der Waals surface area contributed by atoms with Crippen LogP contribution in [0.5, 0.6) is 0 Å². The summed E-state index contributed by atoms with van der Waals surface area (Å²) < 4.78 is 0. The maximum Gasteiger partial charge on any atom is 0.220 e. The van der Waals surface area contributed by atoms with Gasteiger partial charge in [0.1, 0.15) is 0 Å². The molecule has 0 unspecified atom stereocenters. The molecule has 0 saturated carbocycles. The van der Waals surface area contributed by atoms with Crippen molar-refractivity contribution in [1.29, 1.82) is 0 Å². The van der Waals surface area contributed by atoms with Crippen molar-refractivity contribution in [2.24, 2.45) is 11.7 Å². The third-order valence-electron chi connectivity index (χ3n) is 4.49. The quantitative estimate of drug-likeness (QED) is 0.811. The Balaban J connectivity index is 1.58. The zero-order valence-electron chi connectivity index (χ0n) is 12.1. The minimum absolute atomic E-state index is 0.0255. The van der Waals surface area contributed by atoms with E-state index in [1.807, 2.05) is 18.2 Å². The summed E-state index contributed by atoms with van der Waals surface area (Å²) in [6.07, 6.45) is 2.51. The Morgan fingerprint density at radius 3 is 2.76 bits per heavy atom. The molecule has 2 heterocycles. The molecule has 1 amide bonds. The second-order valence-electron chi connectivity index (χ2n) is 5.92. The number of amides is 1. The minimum Gasteiger partial charge on any atom is -0.384 e. The Kier molecular flexibility index (Phi) is 3.92. The standard InChI is InChI=1S/C16H21N3O2/c17-16(21)11-4-7-19(8-5-11)10-15(20)13-1-2-14-12(9-13)3-6-18-14/h1-2,9,11,18H,3-8,10H2,(H2,17,21). The second-order valence-corrected chi connectivity index (χ2v) is 5.92. The highest BCUT2D eigenvalue weighted by Gasteiger charge is 2.24. The number of likely N-dealkylation sites (tertiary alicyclic amines) is 1. The zero-order valence-corrected chi connectivity index (χ0v) is 12.1. The molecule has 0 radical (unpaired) electrons. The van der Waals surface area contributed by atoms with E-state index in [-0.39, 0.29) is 17.6 Å². The Hall–Kier alpha value is -1.88. The first-order valence-corrected chi connectivity index (χ1v) is 7.55. The lowest BCUT2D eigenvalue weighted by Crippen LogP contribution is -2.40. The molecule has 0 atom stereocenters. The van der Waals surface area contributed by atoms with Gasteiger partial charge in [0.25, 0.3) is 0 Å². The van der Waals surface area contributed by atoms with Crippen LogP contribution in [0.2, 0.25) is 0 Å². The third-order valence-corrected chi connectivity index (χ3v) is 4.49. The Labute approximate surface area is 124 Å². The van der Waals surface area contributed by atoms with Crippen molar-refractivity contribution in [2.45, 2.75) is 19.3 Å². The molecule has 21 heavy (non-hydrogen) atoms. The number of hydrogen-bond donors (Lipinski definition) is 2. The van der Waals surface area contributed by atoms with Crippen molar-refractivity contribution >= 4 is 17.4 Å². The topological polar surface area (TPSA) is 75.4 Å². The molecule has 5 heteroatoms. The van der Waals surface area contributed by atoms with E-state index in [2.05, 4.69) is 10.2 Å². The van der Waals surface area contributed by atoms with Crippen LogP contribution in [0.4, 0.5) is 5.69 Å². The lowest BCUT2D eigenvalue weighted by atomic mass is 9.96. The number of benzene rings is 1. The van der Waals surface area contributed by atoms with Crippen molar-refractivity contribution in [3.8, 4) is 0 Å². The molecule has 0 aromatic heterocycles. The summed E-state index contributed by atoms with van der Waals surface area (Å²) in [6.45, 7) is 2.92. The van der Waals surface area contributed by atoms with Gasteiger partial charge in [0, 0.05) is 23.7 Å². The van der Waals surface area contributed by atoms with Gasteiger partial charge in [-0.1, -0.05) is 0 Å². The van der Waals surface area contributed by atoms with Gasteiger partial charge in [-0.05, 0) is 56.1 Å². The maximum atomic E-state index is 12.4. The molecular weight excluding hydrogens is 266 g/mol. The number of piperidine rings is 1. The molecule has 2 aliphatic heterocycles. The molecule has 1 aromatic carbocycles. The number of ketones is 1. The number of nitrogens with two attached hydrogens (primary N) is 1. The highest BCUT2D eigenvalue weighted by atomic mass is 16.1. The van der Waals surface area contributed by atoms with Crippen molar-refractivity contribution < 1.29 is 9.59 Å². The summed E-state index contributed by atoms with van der Waals surface area (Å²) in [6, 6.07) is 5.90. The molecule has 0 spiro atoms. The van der Waals surface area contributed by atoms with E-state index in [9.17, 15) is 9.59 Å². The predicted octanol–water partition coefficient (Wildman–Crippen LogP) is 1.03. The first kappa shape index (κ1) is 14.1. The SMILES string of the molecule is NC(=O)C1CCN(CC(=O)c2ccc3c(c2)CCN3)CC1. The van der Waals surface area contributed by atoms with E-state index in [4.69, 9.17) is 5.73 Å². The summed E-state index contributed by atoms with van der Waals surface area (Å²) in [4.78, 5) is 25.6. The van der Waals surface area contributed by atoms with Gasteiger partial charge in [0.2, 0.25) is 5.91 Å². The zero-order chi connectivity index (χ0) is 14.8. The number of nitrogens with one attached hydrogen (secondary N) is 1. The lowest BCUT2D eigenvalue weighted by molar-refractivity contribution is -0.123. The average molecular weight is 287 g/mol. The van der Waals surface area contributed by atoms with Gasteiger partial charge in [-0.25, -0.2) is 0 Å². The fourth-order valence-electron chi connectivity index (χ4n) is 3.15. The smallest absolute Gasteiger partial charge is 0.220 e. The maximum absolute atomic E-state index is 12.4. The average Bonchev–Trinajstić information content (AvgIpc) is 2.95. The third kappa shape index (κ3) is 3.08. The Bertz CT molecular complexity index is 563. The molecule has 2 aliphatic rings. The van der Waals surface area contributed by atoms with Crippen molar-refractivity contribution in [3.63, 3.8) is 0 Å². The molecule has 0 aliphatic carbocycles. The monoisotopic (exact) mass is 287 g/mol. The number of hydrogen-bond acceptors (Lipinski definition) is 4. The summed E-state index contributed by atoms with van der Waals surface area (Å²) in [5.41, 5.74) is 8.49. The summed E-state index contributed by atoms with van der Waals surface area (Å²) >= 11 is 0. The van der Waals surface area contributed by atoms with Gasteiger partial charge >= 0.3 is 0 Å². The summed E-state index contributed by atoms with van der Waals surface area (Å²) in [5, 5.41) is 3.30. The number of carbonyl (C=O) groups is 2. The largest absolute Gasteiger partial charge is 0.384 e. The van der Waals surface area contributed by atoms with Crippen molar-refractivity contribution in [2.75, 3.05) is 31.5 Å². The molecule has 112 valence electrons. The fraction of sp³-hybridized carbons (Fsp3) is 0.500. The van der Waals surface area contributed by atoms with E-state index in [0.717, 1.165) is 50.1 Å². The second kappa shape index (κ2) is 5.85.